The number of carbonyl (C=O) groups is 1. The summed E-state index contributed by atoms with van der Waals surface area (Å²) in [6, 6.07) is 14.4. The molecule has 1 fully saturated rings. The van der Waals surface area contributed by atoms with E-state index in [-0.39, 0.29) is 12.5 Å². The number of pyridine rings is 1. The summed E-state index contributed by atoms with van der Waals surface area (Å²) in [6.07, 6.45) is 1.80. The number of amides is 1. The second-order valence-electron chi connectivity index (χ2n) is 5.90. The van der Waals surface area contributed by atoms with Crippen molar-refractivity contribution >= 4 is 17.4 Å². The van der Waals surface area contributed by atoms with E-state index in [0.29, 0.717) is 5.82 Å². The third-order valence-electron chi connectivity index (χ3n) is 4.19. The monoisotopic (exact) mass is 325 g/mol. The molecule has 3 rings (SSSR count). The van der Waals surface area contributed by atoms with E-state index >= 15 is 0 Å². The van der Waals surface area contributed by atoms with Crippen molar-refractivity contribution in [1.82, 2.24) is 9.88 Å². The van der Waals surface area contributed by atoms with Crippen LogP contribution >= 0.6 is 0 Å². The largest absolute Gasteiger partial charge is 0.368 e. The van der Waals surface area contributed by atoms with Crippen molar-refractivity contribution in [3.05, 3.63) is 54.2 Å². The number of aromatic nitrogens is 1. The topological polar surface area (TPSA) is 74.5 Å². The number of hydrogen-bond acceptors (Lipinski definition) is 5. The number of hydrogen-bond donors (Lipinski definition) is 2. The van der Waals surface area contributed by atoms with E-state index in [1.807, 2.05) is 18.2 Å². The van der Waals surface area contributed by atoms with Gasteiger partial charge in [0.2, 0.25) is 5.91 Å². The second-order valence-corrected chi connectivity index (χ2v) is 5.90. The van der Waals surface area contributed by atoms with Gasteiger partial charge in [0.1, 0.15) is 5.82 Å². The molecule has 0 radical (unpaired) electrons. The zero-order valence-electron chi connectivity index (χ0n) is 13.7. The fourth-order valence-electron chi connectivity index (χ4n) is 2.85. The Bertz CT molecular complexity index is 651. The van der Waals surface area contributed by atoms with Crippen LogP contribution in [-0.4, -0.2) is 48.5 Å². The number of piperazine rings is 1. The molecule has 3 N–H and O–H groups in total. The molecule has 1 aliphatic rings. The maximum atomic E-state index is 11.3. The predicted molar refractivity (Wildman–Crippen MR) is 95.9 cm³/mol. The lowest BCUT2D eigenvalue weighted by Crippen LogP contribution is -2.46. The van der Waals surface area contributed by atoms with E-state index in [1.54, 1.807) is 6.20 Å². The van der Waals surface area contributed by atoms with Crippen LogP contribution in [0.15, 0.2) is 48.7 Å². The number of nitrogens with two attached hydrogens (primary N) is 1. The number of nitrogens with one attached hydrogen (secondary N) is 1. The first-order valence-electron chi connectivity index (χ1n) is 8.22. The number of rotatable bonds is 5. The van der Waals surface area contributed by atoms with E-state index in [4.69, 9.17) is 5.73 Å². The van der Waals surface area contributed by atoms with Gasteiger partial charge in [0.25, 0.3) is 0 Å². The first-order chi connectivity index (χ1) is 11.7. The van der Waals surface area contributed by atoms with Crippen molar-refractivity contribution in [2.24, 2.45) is 5.73 Å². The van der Waals surface area contributed by atoms with Crippen molar-refractivity contribution in [1.29, 1.82) is 0 Å². The Morgan fingerprint density at radius 1 is 1.08 bits per heavy atom. The summed E-state index contributed by atoms with van der Waals surface area (Å²) in [5.74, 6) is 0.307. The summed E-state index contributed by atoms with van der Waals surface area (Å²) in [4.78, 5) is 20.3. The molecular weight excluding hydrogens is 302 g/mol. The van der Waals surface area contributed by atoms with Gasteiger partial charge in [-0.2, -0.15) is 0 Å². The molecule has 126 valence electrons. The first kappa shape index (κ1) is 16.4. The lowest BCUT2D eigenvalue weighted by molar-refractivity contribution is -0.114. The van der Waals surface area contributed by atoms with Crippen LogP contribution in [0.25, 0.3) is 0 Å². The fraction of sp³-hybridized carbons (Fsp3) is 0.333. The van der Waals surface area contributed by atoms with Gasteiger partial charge in [0.05, 0.1) is 18.4 Å². The molecule has 0 aliphatic carbocycles. The van der Waals surface area contributed by atoms with E-state index < -0.39 is 0 Å². The smallest absolute Gasteiger partial charge is 0.239 e. The number of carbonyl (C=O) groups excluding carboxylic acids is 1. The van der Waals surface area contributed by atoms with Crippen molar-refractivity contribution < 1.29 is 4.79 Å². The van der Waals surface area contributed by atoms with Gasteiger partial charge in [0.15, 0.2) is 0 Å². The molecule has 1 aromatic heterocycles. The summed E-state index contributed by atoms with van der Waals surface area (Å²) in [6.45, 7) is 4.97. The Morgan fingerprint density at radius 2 is 1.83 bits per heavy atom. The molecule has 24 heavy (non-hydrogen) atoms. The minimum Gasteiger partial charge on any atom is -0.368 e. The fourth-order valence-corrected chi connectivity index (χ4v) is 2.85. The van der Waals surface area contributed by atoms with Gasteiger partial charge in [-0.05, 0) is 17.7 Å². The van der Waals surface area contributed by atoms with Crippen molar-refractivity contribution in [3.8, 4) is 0 Å². The summed E-state index contributed by atoms with van der Waals surface area (Å²) in [5.41, 5.74) is 7.72. The Balaban J connectivity index is 1.52. The van der Waals surface area contributed by atoms with Gasteiger partial charge < -0.3 is 16.0 Å². The normalized spacial score (nSPS) is 15.3. The highest BCUT2D eigenvalue weighted by molar-refractivity contribution is 5.91. The van der Waals surface area contributed by atoms with E-state index in [2.05, 4.69) is 44.4 Å². The minimum atomic E-state index is -0.232. The highest BCUT2D eigenvalue weighted by atomic mass is 16.1. The maximum Gasteiger partial charge on any atom is 0.239 e. The Hall–Kier alpha value is -2.44. The average molecular weight is 325 g/mol. The molecule has 0 atom stereocenters. The van der Waals surface area contributed by atoms with E-state index in [9.17, 15) is 4.79 Å². The van der Waals surface area contributed by atoms with Crippen LogP contribution in [0.4, 0.5) is 11.5 Å². The van der Waals surface area contributed by atoms with Gasteiger partial charge in [-0.15, -0.1) is 0 Å². The van der Waals surface area contributed by atoms with Crippen molar-refractivity contribution in [2.45, 2.75) is 6.54 Å². The number of anilines is 2. The molecule has 0 unspecified atom stereocenters. The zero-order valence-corrected chi connectivity index (χ0v) is 13.7. The molecule has 6 heteroatoms. The molecular formula is C18H23N5O. The first-order valence-corrected chi connectivity index (χ1v) is 8.22. The van der Waals surface area contributed by atoms with Crippen LogP contribution < -0.4 is 16.0 Å². The van der Waals surface area contributed by atoms with Gasteiger partial charge in [-0.25, -0.2) is 4.98 Å². The van der Waals surface area contributed by atoms with Crippen LogP contribution in [0.3, 0.4) is 0 Å². The molecule has 1 amide bonds. The summed E-state index contributed by atoms with van der Waals surface area (Å²) >= 11 is 0. The maximum absolute atomic E-state index is 11.3. The zero-order chi connectivity index (χ0) is 16.8. The molecule has 1 aliphatic heterocycles. The quantitative estimate of drug-likeness (QED) is 0.867. The average Bonchev–Trinajstić information content (AvgIpc) is 2.64. The Kier molecular flexibility index (Phi) is 5.40. The summed E-state index contributed by atoms with van der Waals surface area (Å²) < 4.78 is 0. The van der Waals surface area contributed by atoms with Crippen LogP contribution in [0.1, 0.15) is 5.56 Å². The standard InChI is InChI=1S/C18H23N5O/c19-12-18(24)21-17-7-6-16(13-20-17)23-10-8-22(9-11-23)14-15-4-2-1-3-5-15/h1-7,13H,8-12,14,19H2,(H,20,21,24). The van der Waals surface area contributed by atoms with Crippen molar-refractivity contribution in [2.75, 3.05) is 42.9 Å². The van der Waals surface area contributed by atoms with Crippen LogP contribution in [0, 0.1) is 0 Å². The third kappa shape index (κ3) is 4.31. The second kappa shape index (κ2) is 7.90. The molecule has 0 saturated carbocycles. The van der Waals surface area contributed by atoms with E-state index in [1.165, 1.54) is 5.56 Å². The highest BCUT2D eigenvalue weighted by Crippen LogP contribution is 2.18. The van der Waals surface area contributed by atoms with Crippen molar-refractivity contribution in [3.63, 3.8) is 0 Å². The molecule has 2 heterocycles. The van der Waals surface area contributed by atoms with Gasteiger partial charge >= 0.3 is 0 Å². The lowest BCUT2D eigenvalue weighted by atomic mass is 10.2. The van der Waals surface area contributed by atoms with Crippen LogP contribution in [0.2, 0.25) is 0 Å². The van der Waals surface area contributed by atoms with Gasteiger partial charge in [0, 0.05) is 32.7 Å². The molecule has 0 spiro atoms. The van der Waals surface area contributed by atoms with Gasteiger partial charge in [-0.1, -0.05) is 30.3 Å². The van der Waals surface area contributed by atoms with Gasteiger partial charge in [-0.3, -0.25) is 9.69 Å². The molecule has 6 nitrogen and oxygen atoms in total. The number of benzene rings is 1. The van der Waals surface area contributed by atoms with Crippen LogP contribution in [0.5, 0.6) is 0 Å². The minimum absolute atomic E-state index is 0.0349. The molecule has 1 saturated heterocycles. The third-order valence-corrected chi connectivity index (χ3v) is 4.19. The molecule has 1 aromatic carbocycles. The Morgan fingerprint density at radius 3 is 2.46 bits per heavy atom. The SMILES string of the molecule is NCC(=O)Nc1ccc(N2CCN(Cc3ccccc3)CC2)cn1. The number of nitrogens with zero attached hydrogens (tertiary/aromatic N) is 3. The molecule has 2 aromatic rings. The molecule has 0 bridgehead atoms. The van der Waals surface area contributed by atoms with Crippen LogP contribution in [-0.2, 0) is 11.3 Å². The Labute approximate surface area is 142 Å². The predicted octanol–water partition coefficient (Wildman–Crippen LogP) is 1.30. The summed E-state index contributed by atoms with van der Waals surface area (Å²) in [7, 11) is 0. The summed E-state index contributed by atoms with van der Waals surface area (Å²) in [5, 5.41) is 2.65. The highest BCUT2D eigenvalue weighted by Gasteiger charge is 2.17. The van der Waals surface area contributed by atoms with E-state index in [0.717, 1.165) is 38.4 Å². The lowest BCUT2D eigenvalue weighted by Gasteiger charge is -2.36.